The van der Waals surface area contributed by atoms with Crippen molar-refractivity contribution >= 4 is 17.7 Å². The van der Waals surface area contributed by atoms with Crippen molar-refractivity contribution in [2.75, 3.05) is 12.4 Å². The van der Waals surface area contributed by atoms with Crippen LogP contribution in [0, 0.1) is 10.1 Å². The average Bonchev–Trinajstić information content (AvgIpc) is 3.54. The molecule has 0 saturated heterocycles. The fourth-order valence-electron chi connectivity index (χ4n) is 3.33. The first-order valence-electron chi connectivity index (χ1n) is 11.2. The zero-order chi connectivity index (χ0) is 26.3. The number of aryl methyl sites for hydroxylation is 2. The van der Waals surface area contributed by atoms with Gasteiger partial charge in [-0.2, -0.15) is 13.2 Å². The fourth-order valence-corrected chi connectivity index (χ4v) is 3.94. The summed E-state index contributed by atoms with van der Waals surface area (Å²) < 4.78 is 49.3. The molecule has 4 aromatic rings. The number of non-ortho nitro benzene ring substituents is 1. The molecule has 13 heteroatoms. The number of benzene rings is 2. The van der Waals surface area contributed by atoms with Crippen molar-refractivity contribution in [3.05, 3.63) is 88.0 Å². The zero-order valence-electron chi connectivity index (χ0n) is 19.3. The molecular formula is C24H22F3N5O4S. The van der Waals surface area contributed by atoms with Crippen LogP contribution >= 0.6 is 12.0 Å². The van der Waals surface area contributed by atoms with Crippen LogP contribution < -0.4 is 8.92 Å². The van der Waals surface area contributed by atoms with E-state index in [1.165, 1.54) is 24.3 Å². The number of aromatic nitrogens is 4. The molecule has 0 unspecified atom stereocenters. The van der Waals surface area contributed by atoms with Gasteiger partial charge in [0.2, 0.25) is 0 Å². The molecular weight excluding hydrogens is 511 g/mol. The summed E-state index contributed by atoms with van der Waals surface area (Å²) in [6.45, 7) is 0.383. The number of hydrogen-bond acceptors (Lipinski definition) is 7. The maximum absolute atomic E-state index is 12.8. The van der Waals surface area contributed by atoms with E-state index in [2.05, 4.69) is 19.9 Å². The number of alkyl halides is 3. The van der Waals surface area contributed by atoms with Crippen molar-refractivity contribution in [3.8, 4) is 23.1 Å². The Balaban J connectivity index is 1.20. The Kier molecular flexibility index (Phi) is 8.33. The molecule has 37 heavy (non-hydrogen) atoms. The van der Waals surface area contributed by atoms with Gasteiger partial charge >= 0.3 is 6.18 Å². The summed E-state index contributed by atoms with van der Waals surface area (Å²) >= 11 is 1.05. The monoisotopic (exact) mass is 533 g/mol. The molecule has 0 amide bonds. The molecule has 2 heterocycles. The maximum Gasteiger partial charge on any atom is 0.416 e. The number of aromatic amines is 2. The summed E-state index contributed by atoms with van der Waals surface area (Å²) in [7, 11) is 0. The van der Waals surface area contributed by atoms with Gasteiger partial charge in [0.25, 0.3) is 5.69 Å². The van der Waals surface area contributed by atoms with Crippen molar-refractivity contribution in [1.82, 2.24) is 19.9 Å². The van der Waals surface area contributed by atoms with E-state index in [9.17, 15) is 23.3 Å². The lowest BCUT2D eigenvalue weighted by Crippen LogP contribution is -2.04. The molecule has 0 saturated carbocycles. The second kappa shape index (κ2) is 11.8. The molecule has 9 nitrogen and oxygen atoms in total. The molecule has 0 aliphatic rings. The van der Waals surface area contributed by atoms with Gasteiger partial charge in [-0.05, 0) is 37.1 Å². The Morgan fingerprint density at radius 3 is 2.32 bits per heavy atom. The third-order valence-electron chi connectivity index (χ3n) is 5.12. The largest absolute Gasteiger partial charge is 0.493 e. The number of rotatable bonds is 12. The van der Waals surface area contributed by atoms with Gasteiger partial charge in [-0.25, -0.2) is 9.97 Å². The van der Waals surface area contributed by atoms with Gasteiger partial charge in [-0.3, -0.25) is 10.1 Å². The van der Waals surface area contributed by atoms with Crippen molar-refractivity contribution in [3.63, 3.8) is 0 Å². The van der Waals surface area contributed by atoms with Gasteiger partial charge in [-0.15, -0.1) is 0 Å². The van der Waals surface area contributed by atoms with Gasteiger partial charge in [-0.1, -0.05) is 12.1 Å². The van der Waals surface area contributed by atoms with Crippen molar-refractivity contribution in [2.24, 2.45) is 0 Å². The topological polar surface area (TPSA) is 119 Å². The third kappa shape index (κ3) is 7.49. The number of ether oxygens (including phenoxy) is 1. The average molecular weight is 534 g/mol. The van der Waals surface area contributed by atoms with Crippen molar-refractivity contribution < 1.29 is 27.0 Å². The minimum Gasteiger partial charge on any atom is -0.493 e. The van der Waals surface area contributed by atoms with Crippen LogP contribution in [0.5, 0.6) is 11.5 Å². The summed E-state index contributed by atoms with van der Waals surface area (Å²) in [4.78, 5) is 25.5. The molecule has 194 valence electrons. The Labute approximate surface area is 213 Å². The van der Waals surface area contributed by atoms with Gasteiger partial charge in [0, 0.05) is 30.6 Å². The summed E-state index contributed by atoms with van der Waals surface area (Å²) in [5, 5.41) is 10.8. The maximum atomic E-state index is 12.8. The molecule has 0 radical (unpaired) electrons. The number of nitrogens with zero attached hydrogens (tertiary/aromatic N) is 3. The van der Waals surface area contributed by atoms with Gasteiger partial charge < -0.3 is 18.9 Å². The predicted octanol–water partition coefficient (Wildman–Crippen LogP) is 6.01. The van der Waals surface area contributed by atoms with E-state index in [0.717, 1.165) is 35.6 Å². The summed E-state index contributed by atoms with van der Waals surface area (Å²) in [6, 6.07) is 10.8. The SMILES string of the molecule is O=[N+]([O-])c1cccc(OCCCc2c[nH]c(-c3nc(CCSOc4cccc(C(F)(F)F)c4)c[nH]3)n2)c1. The van der Waals surface area contributed by atoms with Crippen LogP contribution in [0.2, 0.25) is 0 Å². The number of H-pyrrole nitrogens is 2. The van der Waals surface area contributed by atoms with E-state index < -0.39 is 16.7 Å². The first kappa shape index (κ1) is 26.1. The van der Waals surface area contributed by atoms with Crippen LogP contribution in [-0.4, -0.2) is 37.2 Å². The second-order valence-electron chi connectivity index (χ2n) is 7.87. The van der Waals surface area contributed by atoms with E-state index in [-0.39, 0.29) is 11.4 Å². The van der Waals surface area contributed by atoms with Crippen LogP contribution in [0.25, 0.3) is 11.6 Å². The van der Waals surface area contributed by atoms with Crippen LogP contribution in [0.4, 0.5) is 18.9 Å². The van der Waals surface area contributed by atoms with Gasteiger partial charge in [0.1, 0.15) is 11.5 Å². The van der Waals surface area contributed by atoms with E-state index >= 15 is 0 Å². The number of imidazole rings is 2. The minimum absolute atomic E-state index is 0.0194. The predicted molar refractivity (Wildman–Crippen MR) is 131 cm³/mol. The van der Waals surface area contributed by atoms with Gasteiger partial charge in [0.15, 0.2) is 11.6 Å². The first-order chi connectivity index (χ1) is 17.8. The number of hydrogen-bond donors (Lipinski definition) is 2. The highest BCUT2D eigenvalue weighted by molar-refractivity contribution is 7.95. The Morgan fingerprint density at radius 1 is 0.946 bits per heavy atom. The van der Waals surface area contributed by atoms with Crippen LogP contribution in [0.3, 0.4) is 0 Å². The molecule has 2 aromatic heterocycles. The van der Waals surface area contributed by atoms with Crippen LogP contribution in [-0.2, 0) is 19.0 Å². The van der Waals surface area contributed by atoms with Crippen molar-refractivity contribution in [2.45, 2.75) is 25.4 Å². The second-order valence-corrected chi connectivity index (χ2v) is 8.68. The highest BCUT2D eigenvalue weighted by Gasteiger charge is 2.30. The molecule has 0 aliphatic heterocycles. The molecule has 2 aromatic carbocycles. The smallest absolute Gasteiger partial charge is 0.416 e. The molecule has 4 rings (SSSR count). The Bertz CT molecular complexity index is 1340. The quantitative estimate of drug-likeness (QED) is 0.0991. The molecule has 0 spiro atoms. The third-order valence-corrected chi connectivity index (χ3v) is 5.80. The number of nitrogens with one attached hydrogen (secondary N) is 2. The van der Waals surface area contributed by atoms with Crippen molar-refractivity contribution in [1.29, 1.82) is 0 Å². The summed E-state index contributed by atoms with van der Waals surface area (Å²) in [5.41, 5.74) is 0.809. The number of nitro benzene ring substituents is 1. The molecule has 2 N–H and O–H groups in total. The van der Waals surface area contributed by atoms with Gasteiger partial charge in [0.05, 0.1) is 46.6 Å². The molecule has 0 aliphatic carbocycles. The lowest BCUT2D eigenvalue weighted by atomic mass is 10.2. The highest BCUT2D eigenvalue weighted by atomic mass is 32.2. The van der Waals surface area contributed by atoms with Crippen LogP contribution in [0.1, 0.15) is 23.4 Å². The Morgan fingerprint density at radius 2 is 1.62 bits per heavy atom. The van der Waals surface area contributed by atoms with E-state index in [1.807, 2.05) is 0 Å². The first-order valence-corrected chi connectivity index (χ1v) is 12.1. The number of halogens is 3. The zero-order valence-corrected chi connectivity index (χ0v) is 20.1. The standard InChI is InChI=1S/C24H22F3N5O4S/c25-24(26,27)16-4-1-8-21(12-16)36-37-11-9-18-15-29-23(31-18)22-28-14-17(30-22)5-3-10-35-20-7-2-6-19(13-20)32(33)34/h1-2,4,6-8,12-15H,3,5,9-11H2,(H,28,30)(H,29,31). The summed E-state index contributed by atoms with van der Waals surface area (Å²) in [5.74, 6) is 2.22. The van der Waals surface area contributed by atoms with E-state index in [4.69, 9.17) is 8.92 Å². The molecule has 0 atom stereocenters. The lowest BCUT2D eigenvalue weighted by molar-refractivity contribution is -0.384. The van der Waals surface area contributed by atoms with E-state index in [0.29, 0.717) is 49.0 Å². The summed E-state index contributed by atoms with van der Waals surface area (Å²) in [6.07, 6.45) is 0.964. The lowest BCUT2D eigenvalue weighted by Gasteiger charge is -2.08. The molecule has 0 bridgehead atoms. The normalized spacial score (nSPS) is 11.4. The Hall–Kier alpha value is -4.00. The molecule has 0 fully saturated rings. The minimum atomic E-state index is -4.41. The number of nitro groups is 1. The van der Waals surface area contributed by atoms with Crippen LogP contribution in [0.15, 0.2) is 60.9 Å². The fraction of sp³-hybridized carbons (Fsp3) is 0.250. The highest BCUT2D eigenvalue weighted by Crippen LogP contribution is 2.32. The van der Waals surface area contributed by atoms with E-state index in [1.54, 1.807) is 24.5 Å².